The van der Waals surface area contributed by atoms with Crippen molar-refractivity contribution >= 4 is 0 Å². The Morgan fingerprint density at radius 3 is 1.67 bits per heavy atom. The van der Waals surface area contributed by atoms with E-state index in [1.165, 1.54) is 12.8 Å². The van der Waals surface area contributed by atoms with Crippen LogP contribution in [-0.2, 0) is 9.47 Å². The van der Waals surface area contributed by atoms with Crippen LogP contribution in [0.4, 0.5) is 0 Å². The van der Waals surface area contributed by atoms with Gasteiger partial charge >= 0.3 is 0 Å². The first-order valence-electron chi connectivity index (χ1n) is 4.76. The Morgan fingerprint density at radius 1 is 1.00 bits per heavy atom. The van der Waals surface area contributed by atoms with Gasteiger partial charge < -0.3 is 9.47 Å². The van der Waals surface area contributed by atoms with Crippen LogP contribution >= 0.6 is 0 Å². The summed E-state index contributed by atoms with van der Waals surface area (Å²) >= 11 is 0. The average molecular weight is 172 g/mol. The maximum atomic E-state index is 5.36. The summed E-state index contributed by atoms with van der Waals surface area (Å²) in [6, 6.07) is 0. The topological polar surface area (TPSA) is 18.5 Å². The van der Waals surface area contributed by atoms with Gasteiger partial charge in [-0.25, -0.2) is 0 Å². The highest BCUT2D eigenvalue weighted by Gasteiger charge is 2.53. The van der Waals surface area contributed by atoms with Crippen LogP contribution in [0.2, 0.25) is 0 Å². The molecule has 1 aliphatic rings. The predicted molar refractivity (Wildman–Crippen MR) is 49.0 cm³/mol. The molecule has 2 heteroatoms. The summed E-state index contributed by atoms with van der Waals surface area (Å²) in [5, 5.41) is 0. The van der Waals surface area contributed by atoms with Crippen molar-refractivity contribution in [3.63, 3.8) is 0 Å². The van der Waals surface area contributed by atoms with Crippen molar-refractivity contribution in [2.75, 3.05) is 14.2 Å². The van der Waals surface area contributed by atoms with Gasteiger partial charge in [0.1, 0.15) is 0 Å². The van der Waals surface area contributed by atoms with E-state index in [-0.39, 0.29) is 5.79 Å². The lowest BCUT2D eigenvalue weighted by molar-refractivity contribution is -0.298. The van der Waals surface area contributed by atoms with Gasteiger partial charge in [0.15, 0.2) is 5.79 Å². The van der Waals surface area contributed by atoms with Gasteiger partial charge in [0.25, 0.3) is 0 Å². The maximum Gasteiger partial charge on any atom is 0.168 e. The van der Waals surface area contributed by atoms with Gasteiger partial charge in [0.2, 0.25) is 0 Å². The third-order valence-electron chi connectivity index (χ3n) is 3.53. The fraction of sp³-hybridized carbons (Fsp3) is 1.00. The Morgan fingerprint density at radius 2 is 1.42 bits per heavy atom. The molecule has 0 heterocycles. The molecular formula is C10H20O2. The lowest BCUT2D eigenvalue weighted by Gasteiger charge is -2.53. The molecule has 0 aromatic carbocycles. The van der Waals surface area contributed by atoms with Crippen LogP contribution in [-0.4, -0.2) is 20.0 Å². The smallest absolute Gasteiger partial charge is 0.168 e. The Hall–Kier alpha value is -0.0800. The zero-order valence-electron chi connectivity index (χ0n) is 8.64. The Bertz CT molecular complexity index is 120. The van der Waals surface area contributed by atoms with E-state index in [4.69, 9.17) is 9.47 Å². The fourth-order valence-corrected chi connectivity index (χ4v) is 2.21. The van der Waals surface area contributed by atoms with E-state index < -0.39 is 0 Å². The minimum Gasteiger partial charge on any atom is -0.353 e. The summed E-state index contributed by atoms with van der Waals surface area (Å²) in [5.41, 5.74) is 0.492. The van der Waals surface area contributed by atoms with E-state index in [1.54, 1.807) is 14.2 Å². The van der Waals surface area contributed by atoms with Crippen molar-refractivity contribution in [2.24, 2.45) is 5.41 Å². The summed E-state index contributed by atoms with van der Waals surface area (Å²) in [6.07, 6.45) is 4.58. The molecule has 0 amide bonds. The molecule has 0 radical (unpaired) electrons. The fourth-order valence-electron chi connectivity index (χ4n) is 2.21. The molecule has 1 fully saturated rings. The van der Waals surface area contributed by atoms with Crippen molar-refractivity contribution in [2.45, 2.75) is 45.3 Å². The normalized spacial score (nSPS) is 25.0. The third kappa shape index (κ3) is 1.38. The molecule has 1 aliphatic carbocycles. The first-order valence-corrected chi connectivity index (χ1v) is 4.76. The van der Waals surface area contributed by atoms with Crippen molar-refractivity contribution in [1.29, 1.82) is 0 Å². The quantitative estimate of drug-likeness (QED) is 0.607. The van der Waals surface area contributed by atoms with Gasteiger partial charge in [0, 0.05) is 27.1 Å². The van der Waals surface area contributed by atoms with E-state index in [2.05, 4.69) is 13.8 Å². The molecule has 0 aromatic heterocycles. The van der Waals surface area contributed by atoms with Crippen molar-refractivity contribution < 1.29 is 9.47 Å². The zero-order valence-corrected chi connectivity index (χ0v) is 8.64. The van der Waals surface area contributed by atoms with E-state index in [9.17, 15) is 0 Å². The first kappa shape index (κ1) is 10.0. The van der Waals surface area contributed by atoms with Gasteiger partial charge in [0.05, 0.1) is 0 Å². The Balaban J connectivity index is 2.52. The largest absolute Gasteiger partial charge is 0.353 e. The second-order valence-corrected chi connectivity index (χ2v) is 3.88. The molecule has 1 rings (SSSR count). The summed E-state index contributed by atoms with van der Waals surface area (Å²) in [5.74, 6) is -0.258. The number of rotatable bonds is 4. The predicted octanol–water partition coefficient (Wildman–Crippen LogP) is 2.58. The molecule has 1 saturated carbocycles. The van der Waals surface area contributed by atoms with Gasteiger partial charge in [-0.1, -0.05) is 26.7 Å². The van der Waals surface area contributed by atoms with Gasteiger partial charge in [-0.3, -0.25) is 0 Å². The molecule has 0 bridgehead atoms. The number of methoxy groups -OCH3 is 2. The molecule has 72 valence electrons. The molecule has 2 nitrogen and oxygen atoms in total. The summed E-state index contributed by atoms with van der Waals surface area (Å²) < 4.78 is 10.7. The number of hydrogen-bond acceptors (Lipinski definition) is 2. The van der Waals surface area contributed by atoms with Crippen molar-refractivity contribution in [3.05, 3.63) is 0 Å². The second kappa shape index (κ2) is 3.35. The highest BCUT2D eigenvalue weighted by atomic mass is 16.7. The minimum atomic E-state index is -0.258. The van der Waals surface area contributed by atoms with Crippen LogP contribution in [0.5, 0.6) is 0 Å². The second-order valence-electron chi connectivity index (χ2n) is 3.88. The third-order valence-corrected chi connectivity index (χ3v) is 3.53. The monoisotopic (exact) mass is 172 g/mol. The first-order chi connectivity index (χ1) is 5.66. The summed E-state index contributed by atoms with van der Waals surface area (Å²) in [4.78, 5) is 0. The molecule has 0 aromatic rings. The molecule has 0 saturated heterocycles. The van der Waals surface area contributed by atoms with Crippen LogP contribution in [0, 0.1) is 5.41 Å². The molecular weight excluding hydrogens is 152 g/mol. The number of hydrogen-bond donors (Lipinski definition) is 0. The number of ether oxygens (including phenoxy) is 2. The minimum absolute atomic E-state index is 0.258. The molecule has 12 heavy (non-hydrogen) atoms. The van der Waals surface area contributed by atoms with Crippen LogP contribution < -0.4 is 0 Å². The molecule has 0 spiro atoms. The van der Waals surface area contributed by atoms with Gasteiger partial charge in [-0.05, 0) is 5.41 Å². The summed E-state index contributed by atoms with van der Waals surface area (Å²) in [6.45, 7) is 4.50. The van der Waals surface area contributed by atoms with Crippen molar-refractivity contribution in [3.8, 4) is 0 Å². The van der Waals surface area contributed by atoms with Crippen molar-refractivity contribution in [1.82, 2.24) is 0 Å². The van der Waals surface area contributed by atoms with Crippen LogP contribution in [0.25, 0.3) is 0 Å². The SMILES string of the molecule is CCC1(CC)CC(OC)(OC)C1. The summed E-state index contributed by atoms with van der Waals surface area (Å²) in [7, 11) is 3.47. The van der Waals surface area contributed by atoms with Crippen LogP contribution in [0.15, 0.2) is 0 Å². The highest BCUT2D eigenvalue weighted by molar-refractivity contribution is 4.98. The highest BCUT2D eigenvalue weighted by Crippen LogP contribution is 2.54. The van der Waals surface area contributed by atoms with Crippen LogP contribution in [0.1, 0.15) is 39.5 Å². The van der Waals surface area contributed by atoms with E-state index in [0.29, 0.717) is 5.41 Å². The Labute approximate surface area is 75.2 Å². The molecule has 0 atom stereocenters. The molecule has 0 N–H and O–H groups in total. The lowest BCUT2D eigenvalue weighted by Crippen LogP contribution is -2.53. The average Bonchev–Trinajstić information content (AvgIpc) is 2.07. The molecule has 0 aliphatic heterocycles. The Kier molecular flexibility index (Phi) is 2.79. The van der Waals surface area contributed by atoms with E-state index in [0.717, 1.165) is 12.8 Å². The zero-order chi connectivity index (χ0) is 9.24. The van der Waals surface area contributed by atoms with Gasteiger partial charge in [-0.15, -0.1) is 0 Å². The molecule has 0 unspecified atom stereocenters. The standard InChI is InChI=1S/C10H20O2/c1-5-9(6-2)7-10(8-9,11-3)12-4/h5-8H2,1-4H3. The van der Waals surface area contributed by atoms with Crippen LogP contribution in [0.3, 0.4) is 0 Å². The van der Waals surface area contributed by atoms with E-state index in [1.807, 2.05) is 0 Å². The maximum absolute atomic E-state index is 5.36. The lowest BCUT2D eigenvalue weighted by atomic mass is 9.61. The van der Waals surface area contributed by atoms with Gasteiger partial charge in [-0.2, -0.15) is 0 Å². The van der Waals surface area contributed by atoms with E-state index >= 15 is 0 Å².